The van der Waals surface area contributed by atoms with Crippen LogP contribution in [0.5, 0.6) is 0 Å². The second kappa shape index (κ2) is 6.92. The third kappa shape index (κ3) is 4.08. The Morgan fingerprint density at radius 3 is 2.90 bits per heavy atom. The number of hydrogen-bond acceptors (Lipinski definition) is 3. The van der Waals surface area contributed by atoms with Gasteiger partial charge in [-0.1, -0.05) is 32.4 Å². The molecule has 2 aromatic rings. The van der Waals surface area contributed by atoms with Gasteiger partial charge in [0.15, 0.2) is 0 Å². The standard InChI is InChI=1S/C16H21N3O2/c1-3-12(2)15(16(20)21)18-14-6-4-5-13(9-14)10-19-8-7-17-11-19/h4-9,11-12,15,18H,3,10H2,1-2H3,(H,20,21)/t12-,15-/m0/s1. The van der Waals surface area contributed by atoms with Gasteiger partial charge in [0, 0.05) is 24.6 Å². The average molecular weight is 287 g/mol. The number of rotatable bonds is 7. The summed E-state index contributed by atoms with van der Waals surface area (Å²) in [5.41, 5.74) is 1.94. The van der Waals surface area contributed by atoms with Gasteiger partial charge in [-0.15, -0.1) is 0 Å². The van der Waals surface area contributed by atoms with Crippen LogP contribution in [-0.2, 0) is 11.3 Å². The maximum Gasteiger partial charge on any atom is 0.326 e. The van der Waals surface area contributed by atoms with Crippen molar-refractivity contribution in [2.45, 2.75) is 32.9 Å². The number of hydrogen-bond donors (Lipinski definition) is 2. The third-order valence-corrected chi connectivity index (χ3v) is 3.65. The number of nitrogens with zero attached hydrogens (tertiary/aromatic N) is 2. The fourth-order valence-corrected chi connectivity index (χ4v) is 2.21. The molecule has 5 nitrogen and oxygen atoms in total. The molecule has 0 aliphatic heterocycles. The van der Waals surface area contributed by atoms with Crippen LogP contribution in [0.3, 0.4) is 0 Å². The first-order chi connectivity index (χ1) is 10.1. The number of aromatic nitrogens is 2. The number of aliphatic carboxylic acids is 1. The van der Waals surface area contributed by atoms with E-state index in [1.165, 1.54) is 0 Å². The molecule has 2 atom stereocenters. The van der Waals surface area contributed by atoms with E-state index in [9.17, 15) is 9.90 Å². The van der Waals surface area contributed by atoms with E-state index >= 15 is 0 Å². The molecule has 0 aliphatic rings. The lowest BCUT2D eigenvalue weighted by atomic mass is 9.99. The zero-order valence-corrected chi connectivity index (χ0v) is 12.4. The number of anilines is 1. The summed E-state index contributed by atoms with van der Waals surface area (Å²) in [5, 5.41) is 12.5. The van der Waals surface area contributed by atoms with Crippen molar-refractivity contribution >= 4 is 11.7 Å². The van der Waals surface area contributed by atoms with E-state index in [0.29, 0.717) is 0 Å². The molecule has 0 amide bonds. The Morgan fingerprint density at radius 1 is 1.48 bits per heavy atom. The Kier molecular flexibility index (Phi) is 4.98. The Labute approximate surface area is 124 Å². The largest absolute Gasteiger partial charge is 0.480 e. The van der Waals surface area contributed by atoms with E-state index in [1.807, 2.05) is 48.9 Å². The molecule has 21 heavy (non-hydrogen) atoms. The van der Waals surface area contributed by atoms with Crippen molar-refractivity contribution in [3.8, 4) is 0 Å². The van der Waals surface area contributed by atoms with Gasteiger partial charge in [0.25, 0.3) is 0 Å². The van der Waals surface area contributed by atoms with Crippen molar-refractivity contribution in [1.82, 2.24) is 9.55 Å². The summed E-state index contributed by atoms with van der Waals surface area (Å²) < 4.78 is 1.97. The normalized spacial score (nSPS) is 13.6. The lowest BCUT2D eigenvalue weighted by Gasteiger charge is -2.21. The van der Waals surface area contributed by atoms with Gasteiger partial charge in [0.05, 0.1) is 6.33 Å². The fourth-order valence-electron chi connectivity index (χ4n) is 2.21. The van der Waals surface area contributed by atoms with Crippen LogP contribution < -0.4 is 5.32 Å². The highest BCUT2D eigenvalue weighted by Gasteiger charge is 2.23. The van der Waals surface area contributed by atoms with E-state index in [1.54, 1.807) is 12.5 Å². The van der Waals surface area contributed by atoms with Crippen molar-refractivity contribution in [2.75, 3.05) is 5.32 Å². The van der Waals surface area contributed by atoms with Gasteiger partial charge in [-0.25, -0.2) is 9.78 Å². The van der Waals surface area contributed by atoms with E-state index < -0.39 is 12.0 Å². The zero-order chi connectivity index (χ0) is 15.2. The summed E-state index contributed by atoms with van der Waals surface area (Å²) in [7, 11) is 0. The van der Waals surface area contributed by atoms with Crippen LogP contribution in [0.25, 0.3) is 0 Å². The van der Waals surface area contributed by atoms with Crippen LogP contribution in [-0.4, -0.2) is 26.7 Å². The molecular weight excluding hydrogens is 266 g/mol. The molecule has 2 rings (SSSR count). The molecule has 1 aromatic heterocycles. The van der Waals surface area contributed by atoms with Gasteiger partial charge in [-0.05, 0) is 23.6 Å². The number of nitrogens with one attached hydrogen (secondary N) is 1. The van der Waals surface area contributed by atoms with Crippen LogP contribution in [0.2, 0.25) is 0 Å². The monoisotopic (exact) mass is 287 g/mol. The van der Waals surface area contributed by atoms with E-state index in [4.69, 9.17) is 0 Å². The molecule has 5 heteroatoms. The van der Waals surface area contributed by atoms with Gasteiger partial charge < -0.3 is 15.0 Å². The number of carboxylic acids is 1. The Hall–Kier alpha value is -2.30. The predicted octanol–water partition coefficient (Wildman–Crippen LogP) is 2.84. The molecule has 1 aromatic carbocycles. The zero-order valence-electron chi connectivity index (χ0n) is 12.4. The number of imidazole rings is 1. The summed E-state index contributed by atoms with van der Waals surface area (Å²) in [5.74, 6) is -0.746. The highest BCUT2D eigenvalue weighted by molar-refractivity contribution is 5.77. The van der Waals surface area contributed by atoms with Crippen LogP contribution in [0.15, 0.2) is 43.0 Å². The molecular formula is C16H21N3O2. The van der Waals surface area contributed by atoms with E-state index in [2.05, 4.69) is 10.3 Å². The molecule has 0 bridgehead atoms. The molecule has 1 heterocycles. The maximum absolute atomic E-state index is 11.4. The summed E-state index contributed by atoms with van der Waals surface area (Å²) in [6, 6.07) is 7.26. The van der Waals surface area contributed by atoms with E-state index in [-0.39, 0.29) is 5.92 Å². The molecule has 112 valence electrons. The number of carbonyl (C=O) groups is 1. The molecule has 0 saturated carbocycles. The smallest absolute Gasteiger partial charge is 0.326 e. The molecule has 0 radical (unpaired) electrons. The summed E-state index contributed by atoms with van der Waals surface area (Å²) >= 11 is 0. The van der Waals surface area contributed by atoms with Crippen molar-refractivity contribution < 1.29 is 9.90 Å². The van der Waals surface area contributed by atoms with Crippen molar-refractivity contribution in [3.05, 3.63) is 48.5 Å². The van der Waals surface area contributed by atoms with Gasteiger partial charge in [0.1, 0.15) is 6.04 Å². The fraction of sp³-hybridized carbons (Fsp3) is 0.375. The maximum atomic E-state index is 11.4. The Morgan fingerprint density at radius 2 is 2.29 bits per heavy atom. The quantitative estimate of drug-likeness (QED) is 0.821. The van der Waals surface area contributed by atoms with Crippen molar-refractivity contribution in [3.63, 3.8) is 0 Å². The van der Waals surface area contributed by atoms with Crippen LogP contribution in [0, 0.1) is 5.92 Å². The van der Waals surface area contributed by atoms with E-state index in [0.717, 1.165) is 24.2 Å². The van der Waals surface area contributed by atoms with Crippen molar-refractivity contribution in [1.29, 1.82) is 0 Å². The molecule has 0 fully saturated rings. The second-order valence-corrected chi connectivity index (χ2v) is 5.28. The SMILES string of the molecule is CC[C@H](C)[C@H](Nc1cccc(Cn2ccnc2)c1)C(=O)O. The van der Waals surface area contributed by atoms with Gasteiger partial charge in [0.2, 0.25) is 0 Å². The number of benzene rings is 1. The first kappa shape index (κ1) is 15.1. The summed E-state index contributed by atoms with van der Waals surface area (Å²) in [4.78, 5) is 15.4. The average Bonchev–Trinajstić information content (AvgIpc) is 2.97. The molecule has 0 saturated heterocycles. The lowest BCUT2D eigenvalue weighted by Crippen LogP contribution is -2.35. The minimum atomic E-state index is -0.815. The van der Waals surface area contributed by atoms with Gasteiger partial charge in [-0.2, -0.15) is 0 Å². The second-order valence-electron chi connectivity index (χ2n) is 5.28. The van der Waals surface area contributed by atoms with Gasteiger partial charge in [-0.3, -0.25) is 0 Å². The topological polar surface area (TPSA) is 67.2 Å². The number of carboxylic acid groups (broad SMARTS) is 1. The third-order valence-electron chi connectivity index (χ3n) is 3.65. The highest BCUT2D eigenvalue weighted by atomic mass is 16.4. The van der Waals surface area contributed by atoms with Crippen molar-refractivity contribution in [2.24, 2.45) is 5.92 Å². The van der Waals surface area contributed by atoms with Crippen LogP contribution in [0.4, 0.5) is 5.69 Å². The minimum Gasteiger partial charge on any atom is -0.480 e. The van der Waals surface area contributed by atoms with Gasteiger partial charge >= 0.3 is 5.97 Å². The Bertz CT molecular complexity index is 581. The Balaban J connectivity index is 2.11. The summed E-state index contributed by atoms with van der Waals surface area (Å²) in [6.07, 6.45) is 6.23. The highest BCUT2D eigenvalue weighted by Crippen LogP contribution is 2.17. The first-order valence-corrected chi connectivity index (χ1v) is 7.14. The van der Waals surface area contributed by atoms with Crippen LogP contribution >= 0.6 is 0 Å². The molecule has 0 unspecified atom stereocenters. The summed E-state index contributed by atoms with van der Waals surface area (Å²) in [6.45, 7) is 4.66. The molecule has 2 N–H and O–H groups in total. The first-order valence-electron chi connectivity index (χ1n) is 7.14. The molecule has 0 aliphatic carbocycles. The minimum absolute atomic E-state index is 0.0693. The van der Waals surface area contributed by atoms with Crippen LogP contribution in [0.1, 0.15) is 25.8 Å². The molecule has 0 spiro atoms. The predicted molar refractivity (Wildman–Crippen MR) is 82.3 cm³/mol. The lowest BCUT2D eigenvalue weighted by molar-refractivity contribution is -0.139.